The van der Waals surface area contributed by atoms with E-state index in [0.717, 1.165) is 36.0 Å². The molecule has 0 unspecified atom stereocenters. The Morgan fingerprint density at radius 1 is 0.679 bits per heavy atom. The molecule has 0 amide bonds. The minimum absolute atomic E-state index is 0.221. The second-order valence-electron chi connectivity index (χ2n) is 7.31. The third kappa shape index (κ3) is 3.49. The number of halogens is 3. The first-order valence-corrected chi connectivity index (χ1v) is 9.59. The molecule has 0 aromatic heterocycles. The zero-order chi connectivity index (χ0) is 19.7. The summed E-state index contributed by atoms with van der Waals surface area (Å²) in [7, 11) is 0. The molecule has 0 spiro atoms. The Morgan fingerprint density at radius 3 is 2.04 bits per heavy atom. The molecule has 0 radical (unpaired) electrons. The van der Waals surface area contributed by atoms with Crippen LogP contribution >= 0.6 is 0 Å². The Morgan fingerprint density at radius 2 is 1.36 bits per heavy atom. The van der Waals surface area contributed by atoms with E-state index in [2.05, 4.69) is 6.08 Å². The maximum Gasteiger partial charge on any atom is 0.166 e. The van der Waals surface area contributed by atoms with Gasteiger partial charge in [-0.05, 0) is 66.5 Å². The molecular formula is C25H21F3. The fraction of sp³-hybridized carbons (Fsp3) is 0.200. The second kappa shape index (κ2) is 7.67. The molecule has 0 saturated carbocycles. The monoisotopic (exact) mass is 378 g/mol. The van der Waals surface area contributed by atoms with Crippen LogP contribution in [0.2, 0.25) is 0 Å². The highest BCUT2D eigenvalue weighted by atomic mass is 19.2. The zero-order valence-corrected chi connectivity index (χ0v) is 15.7. The molecule has 28 heavy (non-hydrogen) atoms. The van der Waals surface area contributed by atoms with Crippen molar-refractivity contribution in [2.24, 2.45) is 0 Å². The first-order chi connectivity index (χ1) is 13.5. The van der Waals surface area contributed by atoms with Crippen LogP contribution < -0.4 is 0 Å². The van der Waals surface area contributed by atoms with Crippen molar-refractivity contribution in [3.8, 4) is 22.3 Å². The van der Waals surface area contributed by atoms with Crippen LogP contribution in [0, 0.1) is 24.4 Å². The first-order valence-electron chi connectivity index (χ1n) is 9.59. The predicted molar refractivity (Wildman–Crippen MR) is 108 cm³/mol. The molecular weight excluding hydrogens is 357 g/mol. The normalized spacial score (nSPS) is 14.1. The van der Waals surface area contributed by atoms with Crippen molar-refractivity contribution < 1.29 is 13.2 Å². The molecule has 3 aromatic rings. The summed E-state index contributed by atoms with van der Waals surface area (Å²) in [6.07, 6.45) is 6.33. The van der Waals surface area contributed by atoms with Crippen LogP contribution in [0.1, 0.15) is 36.8 Å². The Bertz CT molecular complexity index is 1050. The van der Waals surface area contributed by atoms with Gasteiger partial charge in [0.25, 0.3) is 0 Å². The summed E-state index contributed by atoms with van der Waals surface area (Å²) in [6, 6.07) is 15.5. The summed E-state index contributed by atoms with van der Waals surface area (Å²) in [5, 5.41) is 0. The predicted octanol–water partition coefficient (Wildman–Crippen LogP) is 7.70. The lowest BCUT2D eigenvalue weighted by molar-refractivity contribution is 0.505. The van der Waals surface area contributed by atoms with Gasteiger partial charge in [0.2, 0.25) is 0 Å². The van der Waals surface area contributed by atoms with Crippen LogP contribution in [0.4, 0.5) is 13.2 Å². The minimum atomic E-state index is -0.844. The fourth-order valence-corrected chi connectivity index (χ4v) is 3.75. The lowest BCUT2D eigenvalue weighted by atomic mass is 9.92. The Hall–Kier alpha value is -2.81. The summed E-state index contributed by atoms with van der Waals surface area (Å²) < 4.78 is 42.7. The molecule has 142 valence electrons. The lowest BCUT2D eigenvalue weighted by Crippen LogP contribution is -1.95. The van der Waals surface area contributed by atoms with Crippen molar-refractivity contribution in [3.63, 3.8) is 0 Å². The topological polar surface area (TPSA) is 0 Å². The average Bonchev–Trinajstić information content (AvgIpc) is 2.73. The largest absolute Gasteiger partial charge is 0.206 e. The molecule has 0 nitrogen and oxygen atoms in total. The summed E-state index contributed by atoms with van der Waals surface area (Å²) >= 11 is 0. The third-order valence-electron chi connectivity index (χ3n) is 5.41. The van der Waals surface area contributed by atoms with Gasteiger partial charge in [-0.3, -0.25) is 0 Å². The highest BCUT2D eigenvalue weighted by molar-refractivity contribution is 5.74. The Balaban J connectivity index is 1.63. The quantitative estimate of drug-likeness (QED) is 0.438. The van der Waals surface area contributed by atoms with Crippen molar-refractivity contribution in [1.29, 1.82) is 0 Å². The lowest BCUT2D eigenvalue weighted by Gasteiger charge is -2.14. The average molecular weight is 378 g/mol. The fourth-order valence-electron chi connectivity index (χ4n) is 3.75. The van der Waals surface area contributed by atoms with Gasteiger partial charge in [-0.2, -0.15) is 0 Å². The summed E-state index contributed by atoms with van der Waals surface area (Å²) in [6.45, 7) is 1.53. The summed E-state index contributed by atoms with van der Waals surface area (Å²) in [5.41, 5.74) is 4.45. The molecule has 3 heteroatoms. The van der Waals surface area contributed by atoms with Crippen LogP contribution in [-0.2, 0) is 0 Å². The standard InChI is InChI=1S/C25H21F3/c1-16-7-13-22(25(28)24(16)27)19-10-8-17(9-11-19)20-12-14-21(23(26)15-20)18-5-3-2-4-6-18/h5,7-15H,2-4,6H2,1H3. The number of allylic oxidation sites excluding steroid dienone is 2. The highest BCUT2D eigenvalue weighted by Gasteiger charge is 2.14. The summed E-state index contributed by atoms with van der Waals surface area (Å²) in [5.74, 6) is -1.89. The van der Waals surface area contributed by atoms with E-state index in [-0.39, 0.29) is 16.9 Å². The van der Waals surface area contributed by atoms with Crippen molar-refractivity contribution >= 4 is 5.57 Å². The number of hydrogen-bond donors (Lipinski definition) is 0. The van der Waals surface area contributed by atoms with Crippen LogP contribution in [0.3, 0.4) is 0 Å². The number of benzene rings is 3. The van der Waals surface area contributed by atoms with Crippen LogP contribution in [0.5, 0.6) is 0 Å². The summed E-state index contributed by atoms with van der Waals surface area (Å²) in [4.78, 5) is 0. The van der Waals surface area contributed by atoms with E-state index >= 15 is 0 Å². The molecule has 0 bridgehead atoms. The van der Waals surface area contributed by atoms with E-state index in [1.165, 1.54) is 13.3 Å². The van der Waals surface area contributed by atoms with E-state index < -0.39 is 11.6 Å². The Labute approximate surface area is 163 Å². The molecule has 0 heterocycles. The van der Waals surface area contributed by atoms with Gasteiger partial charge in [0.1, 0.15) is 5.82 Å². The van der Waals surface area contributed by atoms with Gasteiger partial charge in [-0.1, -0.05) is 54.6 Å². The molecule has 1 aliphatic carbocycles. The molecule has 0 aliphatic heterocycles. The maximum absolute atomic E-state index is 14.7. The molecule has 0 N–H and O–H groups in total. The molecule has 3 aromatic carbocycles. The number of rotatable bonds is 3. The third-order valence-corrected chi connectivity index (χ3v) is 5.41. The SMILES string of the molecule is Cc1ccc(-c2ccc(-c3ccc(C4=CCCCC4)c(F)c3)cc2)c(F)c1F. The van der Waals surface area contributed by atoms with Gasteiger partial charge in [0.05, 0.1) is 0 Å². The van der Waals surface area contributed by atoms with Crippen LogP contribution in [0.25, 0.3) is 27.8 Å². The highest BCUT2D eigenvalue weighted by Crippen LogP contribution is 2.32. The van der Waals surface area contributed by atoms with Gasteiger partial charge in [-0.15, -0.1) is 0 Å². The van der Waals surface area contributed by atoms with E-state index in [0.29, 0.717) is 11.1 Å². The van der Waals surface area contributed by atoms with Crippen LogP contribution in [-0.4, -0.2) is 0 Å². The molecule has 0 saturated heterocycles. The number of hydrogen-bond acceptors (Lipinski definition) is 0. The maximum atomic E-state index is 14.7. The van der Waals surface area contributed by atoms with E-state index in [1.54, 1.807) is 42.5 Å². The van der Waals surface area contributed by atoms with Crippen molar-refractivity contribution in [3.05, 3.63) is 89.3 Å². The van der Waals surface area contributed by atoms with Crippen molar-refractivity contribution in [1.82, 2.24) is 0 Å². The van der Waals surface area contributed by atoms with E-state index in [1.807, 2.05) is 12.1 Å². The number of aryl methyl sites for hydroxylation is 1. The van der Waals surface area contributed by atoms with Crippen molar-refractivity contribution in [2.75, 3.05) is 0 Å². The van der Waals surface area contributed by atoms with Gasteiger partial charge >= 0.3 is 0 Å². The molecule has 4 rings (SSSR count). The first kappa shape index (κ1) is 18.5. The molecule has 1 aliphatic rings. The van der Waals surface area contributed by atoms with Gasteiger partial charge in [0, 0.05) is 11.1 Å². The van der Waals surface area contributed by atoms with Crippen LogP contribution in [0.15, 0.2) is 60.7 Å². The second-order valence-corrected chi connectivity index (χ2v) is 7.31. The van der Waals surface area contributed by atoms with Gasteiger partial charge < -0.3 is 0 Å². The van der Waals surface area contributed by atoms with Gasteiger partial charge in [-0.25, -0.2) is 13.2 Å². The van der Waals surface area contributed by atoms with E-state index in [9.17, 15) is 13.2 Å². The van der Waals surface area contributed by atoms with Gasteiger partial charge in [0.15, 0.2) is 11.6 Å². The smallest absolute Gasteiger partial charge is 0.166 e. The Kier molecular flexibility index (Phi) is 5.08. The van der Waals surface area contributed by atoms with E-state index in [4.69, 9.17) is 0 Å². The molecule has 0 fully saturated rings. The minimum Gasteiger partial charge on any atom is -0.206 e. The zero-order valence-electron chi connectivity index (χ0n) is 15.7. The molecule has 0 atom stereocenters. The van der Waals surface area contributed by atoms with Crippen molar-refractivity contribution in [2.45, 2.75) is 32.6 Å².